The van der Waals surface area contributed by atoms with Gasteiger partial charge in [0.15, 0.2) is 5.78 Å². The fourth-order valence-electron chi connectivity index (χ4n) is 2.20. The number of nitro groups is 1. The number of oxazole rings is 1. The van der Waals surface area contributed by atoms with Crippen molar-refractivity contribution < 1.29 is 14.1 Å². The van der Waals surface area contributed by atoms with E-state index in [9.17, 15) is 14.9 Å². The van der Waals surface area contributed by atoms with E-state index >= 15 is 0 Å². The molecule has 0 radical (unpaired) electrons. The molecular weight excluding hydrogens is 248 g/mol. The third kappa shape index (κ3) is 1.91. The van der Waals surface area contributed by atoms with Crippen LogP contribution in [-0.4, -0.2) is 15.7 Å². The summed E-state index contributed by atoms with van der Waals surface area (Å²) in [5.41, 5.74) is 0.544. The fraction of sp³-hybridized carbons (Fsp3) is 0.231. The van der Waals surface area contributed by atoms with E-state index in [0.29, 0.717) is 29.9 Å². The number of ketones is 1. The first-order chi connectivity index (χ1) is 9.16. The van der Waals surface area contributed by atoms with Gasteiger partial charge >= 0.3 is 0 Å². The molecule has 0 atom stereocenters. The van der Waals surface area contributed by atoms with Gasteiger partial charge in [-0.25, -0.2) is 4.98 Å². The number of aryl methyl sites for hydroxylation is 1. The van der Waals surface area contributed by atoms with Gasteiger partial charge in [-0.05, 0) is 12.5 Å². The Balaban J connectivity index is 2.13. The monoisotopic (exact) mass is 258 g/mol. The Morgan fingerprint density at radius 3 is 2.79 bits per heavy atom. The molecule has 0 spiro atoms. The third-order valence-corrected chi connectivity index (χ3v) is 3.10. The summed E-state index contributed by atoms with van der Waals surface area (Å²) in [7, 11) is 0. The highest BCUT2D eigenvalue weighted by molar-refractivity contribution is 5.96. The number of rotatable bonds is 2. The van der Waals surface area contributed by atoms with E-state index < -0.39 is 4.92 Å². The Morgan fingerprint density at radius 2 is 2.05 bits per heavy atom. The van der Waals surface area contributed by atoms with Crippen molar-refractivity contribution in [2.75, 3.05) is 0 Å². The fourth-order valence-corrected chi connectivity index (χ4v) is 2.20. The van der Waals surface area contributed by atoms with Crippen molar-refractivity contribution >= 4 is 11.5 Å². The molecule has 0 saturated heterocycles. The molecule has 1 aliphatic rings. The topological polar surface area (TPSA) is 86.2 Å². The van der Waals surface area contributed by atoms with Crippen LogP contribution in [0.1, 0.15) is 29.1 Å². The van der Waals surface area contributed by atoms with Crippen LogP contribution in [0.3, 0.4) is 0 Å². The van der Waals surface area contributed by atoms with Crippen molar-refractivity contribution in [2.24, 2.45) is 0 Å². The molecule has 6 heteroatoms. The number of hydrogen-bond donors (Lipinski definition) is 0. The number of carbonyl (C=O) groups is 1. The minimum Gasteiger partial charge on any atom is -0.440 e. The molecule has 3 rings (SSSR count). The molecule has 0 bridgehead atoms. The minimum atomic E-state index is -0.486. The first kappa shape index (κ1) is 11.6. The molecule has 96 valence electrons. The van der Waals surface area contributed by atoms with Gasteiger partial charge in [-0.1, -0.05) is 12.1 Å². The molecule has 1 heterocycles. The van der Waals surface area contributed by atoms with Crippen LogP contribution in [0.4, 0.5) is 5.69 Å². The highest BCUT2D eigenvalue weighted by Crippen LogP contribution is 2.32. The van der Waals surface area contributed by atoms with Gasteiger partial charge in [-0.3, -0.25) is 14.9 Å². The second kappa shape index (κ2) is 4.31. The normalized spacial score (nSPS) is 14.2. The van der Waals surface area contributed by atoms with Gasteiger partial charge in [0, 0.05) is 18.9 Å². The number of fused-ring (bicyclic) bond motifs is 1. The Bertz CT molecular complexity index is 675. The first-order valence-electron chi connectivity index (χ1n) is 5.93. The highest BCUT2D eigenvalue weighted by Gasteiger charge is 2.27. The summed E-state index contributed by atoms with van der Waals surface area (Å²) < 4.78 is 5.52. The lowest BCUT2D eigenvalue weighted by atomic mass is 10.0. The van der Waals surface area contributed by atoms with E-state index in [1.165, 1.54) is 6.07 Å². The van der Waals surface area contributed by atoms with Gasteiger partial charge in [0.05, 0.1) is 4.92 Å². The van der Waals surface area contributed by atoms with Gasteiger partial charge in [-0.2, -0.15) is 0 Å². The molecule has 0 aliphatic heterocycles. The quantitative estimate of drug-likeness (QED) is 0.610. The summed E-state index contributed by atoms with van der Waals surface area (Å²) in [6, 6.07) is 6.21. The van der Waals surface area contributed by atoms with Crippen molar-refractivity contribution in [1.29, 1.82) is 0 Å². The molecule has 1 aromatic heterocycles. The average Bonchev–Trinajstić information content (AvgIpc) is 2.84. The predicted molar refractivity (Wildman–Crippen MR) is 65.9 cm³/mol. The van der Waals surface area contributed by atoms with Crippen molar-refractivity contribution in [3.63, 3.8) is 0 Å². The van der Waals surface area contributed by atoms with Crippen LogP contribution in [0.15, 0.2) is 28.7 Å². The number of carbonyl (C=O) groups excluding carboxylic acids is 1. The van der Waals surface area contributed by atoms with Gasteiger partial charge < -0.3 is 4.42 Å². The van der Waals surface area contributed by atoms with Crippen LogP contribution in [-0.2, 0) is 6.42 Å². The van der Waals surface area contributed by atoms with Crippen molar-refractivity contribution in [1.82, 2.24) is 4.98 Å². The standard InChI is InChI=1S/C13H10N2O4/c16-10-6-3-7-11-12(10)14-13(19-11)8-4-1-2-5-9(8)15(17)18/h1-2,4-5H,3,6-7H2. The van der Waals surface area contributed by atoms with Crippen molar-refractivity contribution in [3.05, 3.63) is 45.8 Å². The number of benzene rings is 1. The largest absolute Gasteiger partial charge is 0.440 e. The summed E-state index contributed by atoms with van der Waals surface area (Å²) in [5, 5.41) is 11.0. The number of para-hydroxylation sites is 1. The second-order valence-electron chi connectivity index (χ2n) is 4.34. The zero-order valence-electron chi connectivity index (χ0n) is 9.96. The lowest BCUT2D eigenvalue weighted by Gasteiger charge is -2.04. The minimum absolute atomic E-state index is 0.0603. The maximum Gasteiger partial charge on any atom is 0.282 e. The smallest absolute Gasteiger partial charge is 0.282 e. The number of hydrogen-bond acceptors (Lipinski definition) is 5. The maximum atomic E-state index is 11.7. The summed E-state index contributed by atoms with van der Waals surface area (Å²) in [5.74, 6) is 0.617. The number of aromatic nitrogens is 1. The summed E-state index contributed by atoms with van der Waals surface area (Å²) in [4.78, 5) is 26.3. The number of Topliss-reactive ketones (excluding diaryl/α,β-unsaturated/α-hetero) is 1. The average molecular weight is 258 g/mol. The summed E-state index contributed by atoms with van der Waals surface area (Å²) >= 11 is 0. The van der Waals surface area contributed by atoms with E-state index in [1.807, 2.05) is 0 Å². The highest BCUT2D eigenvalue weighted by atomic mass is 16.6. The van der Waals surface area contributed by atoms with E-state index in [4.69, 9.17) is 4.42 Å². The Morgan fingerprint density at radius 1 is 1.26 bits per heavy atom. The first-order valence-corrected chi connectivity index (χ1v) is 5.93. The molecule has 0 amide bonds. The zero-order valence-corrected chi connectivity index (χ0v) is 9.96. The molecule has 0 unspecified atom stereocenters. The second-order valence-corrected chi connectivity index (χ2v) is 4.34. The number of nitrogens with zero attached hydrogens (tertiary/aromatic N) is 2. The lowest BCUT2D eigenvalue weighted by Crippen LogP contribution is -2.09. The van der Waals surface area contributed by atoms with E-state index in [0.717, 1.165) is 6.42 Å². The Hall–Kier alpha value is -2.50. The van der Waals surface area contributed by atoms with E-state index in [-0.39, 0.29) is 17.4 Å². The van der Waals surface area contributed by atoms with Gasteiger partial charge in [0.25, 0.3) is 5.69 Å². The molecule has 2 aromatic rings. The molecule has 6 nitrogen and oxygen atoms in total. The van der Waals surface area contributed by atoms with E-state index in [2.05, 4.69) is 4.98 Å². The zero-order chi connectivity index (χ0) is 13.4. The molecule has 0 fully saturated rings. The van der Waals surface area contributed by atoms with Crippen LogP contribution in [0.25, 0.3) is 11.5 Å². The SMILES string of the molecule is O=C1CCCc2oc(-c3ccccc3[N+](=O)[O-])nc21. The van der Waals surface area contributed by atoms with Crippen molar-refractivity contribution in [2.45, 2.75) is 19.3 Å². The van der Waals surface area contributed by atoms with Crippen LogP contribution >= 0.6 is 0 Å². The van der Waals surface area contributed by atoms with Gasteiger partial charge in [0.2, 0.25) is 5.89 Å². The lowest BCUT2D eigenvalue weighted by molar-refractivity contribution is -0.384. The van der Waals surface area contributed by atoms with Crippen LogP contribution in [0.5, 0.6) is 0 Å². The van der Waals surface area contributed by atoms with Crippen molar-refractivity contribution in [3.8, 4) is 11.5 Å². The van der Waals surface area contributed by atoms with Gasteiger partial charge in [0.1, 0.15) is 17.0 Å². The van der Waals surface area contributed by atoms with Gasteiger partial charge in [-0.15, -0.1) is 0 Å². The number of nitro benzene ring substituents is 1. The molecule has 0 saturated carbocycles. The third-order valence-electron chi connectivity index (χ3n) is 3.10. The van der Waals surface area contributed by atoms with Crippen LogP contribution in [0, 0.1) is 10.1 Å². The Labute approximate surface area is 108 Å². The van der Waals surface area contributed by atoms with Crippen LogP contribution < -0.4 is 0 Å². The molecular formula is C13H10N2O4. The molecule has 1 aliphatic carbocycles. The summed E-state index contributed by atoms with van der Waals surface area (Å²) in [6.45, 7) is 0. The summed E-state index contributed by atoms with van der Waals surface area (Å²) in [6.07, 6.45) is 1.84. The van der Waals surface area contributed by atoms with E-state index in [1.54, 1.807) is 18.2 Å². The molecule has 19 heavy (non-hydrogen) atoms. The Kier molecular flexibility index (Phi) is 2.63. The van der Waals surface area contributed by atoms with Crippen LogP contribution in [0.2, 0.25) is 0 Å². The molecule has 1 aromatic carbocycles. The predicted octanol–water partition coefficient (Wildman–Crippen LogP) is 2.77. The molecule has 0 N–H and O–H groups in total. The maximum absolute atomic E-state index is 11.7.